The molecular weight excluding hydrogens is 206 g/mol. The lowest BCUT2D eigenvalue weighted by molar-refractivity contribution is 0.385. The molecule has 2 aromatic rings. The van der Waals surface area contributed by atoms with E-state index in [1.165, 1.54) is 0 Å². The lowest BCUT2D eigenvalue weighted by atomic mass is 10.5. The fourth-order valence-corrected chi connectivity index (χ4v) is 1.49. The summed E-state index contributed by atoms with van der Waals surface area (Å²) in [7, 11) is 0. The summed E-state index contributed by atoms with van der Waals surface area (Å²) in [6.07, 6.45) is 3.77. The Kier molecular flexibility index (Phi) is 3.31. The van der Waals surface area contributed by atoms with Crippen molar-refractivity contribution in [3.05, 3.63) is 29.9 Å². The molecule has 0 saturated carbocycles. The van der Waals surface area contributed by atoms with Crippen LogP contribution in [-0.4, -0.2) is 19.7 Å². The van der Waals surface area contributed by atoms with Gasteiger partial charge >= 0.3 is 0 Å². The second-order valence-electron chi connectivity index (χ2n) is 3.46. The van der Waals surface area contributed by atoms with Gasteiger partial charge in [-0.15, -0.1) is 0 Å². The van der Waals surface area contributed by atoms with Gasteiger partial charge in [0.05, 0.1) is 13.1 Å². The highest BCUT2D eigenvalue weighted by atomic mass is 16.5. The van der Waals surface area contributed by atoms with Crippen LogP contribution in [0.5, 0.6) is 0 Å². The molecule has 0 amide bonds. The maximum atomic E-state index is 4.88. The van der Waals surface area contributed by atoms with Gasteiger partial charge in [-0.25, -0.2) is 4.98 Å². The molecule has 6 nitrogen and oxygen atoms in total. The molecule has 0 unspecified atom stereocenters. The van der Waals surface area contributed by atoms with Crippen LogP contribution in [0.3, 0.4) is 0 Å². The zero-order valence-electron chi connectivity index (χ0n) is 9.47. The average molecular weight is 221 g/mol. The van der Waals surface area contributed by atoms with Crippen molar-refractivity contribution in [2.24, 2.45) is 0 Å². The molecule has 6 heteroatoms. The van der Waals surface area contributed by atoms with Crippen LogP contribution >= 0.6 is 0 Å². The van der Waals surface area contributed by atoms with Gasteiger partial charge in [-0.1, -0.05) is 5.16 Å². The molecule has 0 spiro atoms. The SMILES string of the molecule is CCn1ccnc1CNCc1noc(C)n1. The summed E-state index contributed by atoms with van der Waals surface area (Å²) in [6, 6.07) is 0. The third-order valence-electron chi connectivity index (χ3n) is 2.28. The number of imidazole rings is 1. The van der Waals surface area contributed by atoms with E-state index in [2.05, 4.69) is 31.9 Å². The highest BCUT2D eigenvalue weighted by Crippen LogP contribution is 1.98. The molecule has 16 heavy (non-hydrogen) atoms. The molecule has 2 aromatic heterocycles. The van der Waals surface area contributed by atoms with Crippen molar-refractivity contribution in [2.45, 2.75) is 33.5 Å². The maximum Gasteiger partial charge on any atom is 0.223 e. The van der Waals surface area contributed by atoms with E-state index >= 15 is 0 Å². The molecule has 0 aliphatic rings. The molecule has 0 aromatic carbocycles. The van der Waals surface area contributed by atoms with E-state index in [0.29, 0.717) is 24.8 Å². The third-order valence-corrected chi connectivity index (χ3v) is 2.28. The van der Waals surface area contributed by atoms with Gasteiger partial charge in [0.2, 0.25) is 5.89 Å². The second kappa shape index (κ2) is 4.89. The van der Waals surface area contributed by atoms with E-state index in [4.69, 9.17) is 4.52 Å². The van der Waals surface area contributed by atoms with Gasteiger partial charge < -0.3 is 14.4 Å². The van der Waals surface area contributed by atoms with Gasteiger partial charge in [0, 0.05) is 25.9 Å². The van der Waals surface area contributed by atoms with Crippen molar-refractivity contribution in [1.29, 1.82) is 0 Å². The molecule has 0 fully saturated rings. The van der Waals surface area contributed by atoms with Crippen LogP contribution in [0.2, 0.25) is 0 Å². The lowest BCUT2D eigenvalue weighted by Crippen LogP contribution is -2.17. The average Bonchev–Trinajstić information content (AvgIpc) is 2.87. The maximum absolute atomic E-state index is 4.88. The Morgan fingerprint density at radius 3 is 3.00 bits per heavy atom. The molecule has 2 heterocycles. The first-order chi connectivity index (χ1) is 7.79. The Balaban J connectivity index is 1.84. The van der Waals surface area contributed by atoms with Crippen LogP contribution in [0, 0.1) is 6.92 Å². The summed E-state index contributed by atoms with van der Waals surface area (Å²) in [5.41, 5.74) is 0. The van der Waals surface area contributed by atoms with Gasteiger partial charge in [0.25, 0.3) is 0 Å². The topological polar surface area (TPSA) is 68.8 Å². The second-order valence-corrected chi connectivity index (χ2v) is 3.46. The molecule has 2 rings (SSSR count). The van der Waals surface area contributed by atoms with Gasteiger partial charge in [0.15, 0.2) is 5.82 Å². The Hall–Kier alpha value is -1.69. The van der Waals surface area contributed by atoms with Crippen molar-refractivity contribution >= 4 is 0 Å². The van der Waals surface area contributed by atoms with E-state index in [1.54, 1.807) is 13.1 Å². The molecule has 0 radical (unpaired) electrons. The highest BCUT2D eigenvalue weighted by molar-refractivity contribution is 4.92. The Morgan fingerprint density at radius 2 is 2.31 bits per heavy atom. The van der Waals surface area contributed by atoms with Crippen LogP contribution in [0.25, 0.3) is 0 Å². The Bertz CT molecular complexity index is 448. The number of nitrogens with one attached hydrogen (secondary N) is 1. The van der Waals surface area contributed by atoms with Crippen molar-refractivity contribution in [1.82, 2.24) is 25.0 Å². The van der Waals surface area contributed by atoms with E-state index in [9.17, 15) is 0 Å². The molecule has 0 saturated heterocycles. The standard InChI is InChI=1S/C10H15N5O/c1-3-15-5-4-12-10(15)7-11-6-9-13-8(2)16-14-9/h4-5,11H,3,6-7H2,1-2H3. The van der Waals surface area contributed by atoms with Gasteiger partial charge in [-0.05, 0) is 6.92 Å². The highest BCUT2D eigenvalue weighted by Gasteiger charge is 2.03. The number of hydrogen-bond acceptors (Lipinski definition) is 5. The van der Waals surface area contributed by atoms with Gasteiger partial charge in [-0.2, -0.15) is 4.98 Å². The summed E-state index contributed by atoms with van der Waals surface area (Å²) in [6.45, 7) is 6.09. The molecule has 0 aliphatic heterocycles. The van der Waals surface area contributed by atoms with E-state index in [1.807, 2.05) is 6.20 Å². The van der Waals surface area contributed by atoms with Crippen LogP contribution in [0.1, 0.15) is 24.5 Å². The summed E-state index contributed by atoms with van der Waals surface area (Å²) in [5.74, 6) is 2.28. The van der Waals surface area contributed by atoms with Crippen molar-refractivity contribution in [2.75, 3.05) is 0 Å². The third kappa shape index (κ3) is 2.46. The molecule has 86 valence electrons. The predicted octanol–water partition coefficient (Wildman–Crippen LogP) is 0.884. The summed E-state index contributed by atoms with van der Waals surface area (Å²) in [5, 5.41) is 7.03. The fraction of sp³-hybridized carbons (Fsp3) is 0.500. The lowest BCUT2D eigenvalue weighted by Gasteiger charge is -2.04. The first-order valence-electron chi connectivity index (χ1n) is 5.29. The van der Waals surface area contributed by atoms with Crippen LogP contribution in [-0.2, 0) is 19.6 Å². The predicted molar refractivity (Wildman–Crippen MR) is 57.5 cm³/mol. The minimum Gasteiger partial charge on any atom is -0.340 e. The number of rotatable bonds is 5. The van der Waals surface area contributed by atoms with Crippen LogP contribution < -0.4 is 5.32 Å². The van der Waals surface area contributed by atoms with Crippen molar-refractivity contribution < 1.29 is 4.52 Å². The first-order valence-corrected chi connectivity index (χ1v) is 5.29. The van der Waals surface area contributed by atoms with Crippen molar-refractivity contribution in [3.63, 3.8) is 0 Å². The molecule has 1 N–H and O–H groups in total. The van der Waals surface area contributed by atoms with Gasteiger partial charge in [-0.3, -0.25) is 0 Å². The van der Waals surface area contributed by atoms with E-state index in [0.717, 1.165) is 12.4 Å². The summed E-state index contributed by atoms with van der Waals surface area (Å²) < 4.78 is 6.97. The summed E-state index contributed by atoms with van der Waals surface area (Å²) >= 11 is 0. The zero-order valence-corrected chi connectivity index (χ0v) is 9.47. The first kappa shape index (κ1) is 10.8. The molecular formula is C10H15N5O. The minimum absolute atomic E-state index is 0.590. The van der Waals surface area contributed by atoms with Crippen molar-refractivity contribution in [3.8, 4) is 0 Å². The zero-order chi connectivity index (χ0) is 11.4. The number of aromatic nitrogens is 4. The van der Waals surface area contributed by atoms with Gasteiger partial charge in [0.1, 0.15) is 5.82 Å². The minimum atomic E-state index is 0.590. The van der Waals surface area contributed by atoms with E-state index < -0.39 is 0 Å². The molecule has 0 aliphatic carbocycles. The normalized spacial score (nSPS) is 10.9. The quantitative estimate of drug-likeness (QED) is 0.811. The molecule has 0 bridgehead atoms. The number of hydrogen-bond donors (Lipinski definition) is 1. The summed E-state index contributed by atoms with van der Waals surface area (Å²) in [4.78, 5) is 8.36. The van der Waals surface area contributed by atoms with E-state index in [-0.39, 0.29) is 0 Å². The number of aryl methyl sites for hydroxylation is 2. The monoisotopic (exact) mass is 221 g/mol. The number of nitrogens with zero attached hydrogens (tertiary/aromatic N) is 4. The fourth-order valence-electron chi connectivity index (χ4n) is 1.49. The van der Waals surface area contributed by atoms with Crippen LogP contribution in [0.4, 0.5) is 0 Å². The Labute approximate surface area is 93.7 Å². The smallest absolute Gasteiger partial charge is 0.223 e. The largest absolute Gasteiger partial charge is 0.340 e. The Morgan fingerprint density at radius 1 is 1.44 bits per heavy atom. The van der Waals surface area contributed by atoms with Crippen LogP contribution in [0.15, 0.2) is 16.9 Å². The molecule has 0 atom stereocenters.